The normalized spacial score (nSPS) is 22.6. The standard InChI is InChI=1S/C11H19NO9/c13-4-5(14)7(16)8(17)9(18)10(19)21-11(20)12-3-1-2-6(12)15/h5,7-10,13-14,16-19H,1-4H2/t5-,7-,8+,9-,10?/m1/s1. The SMILES string of the molecule is O=C1CCCN1C(=O)OC(O)[C@H](O)[C@@H](O)[C@H](O)[C@H](O)CO. The van der Waals surface area contributed by atoms with Crippen LogP contribution >= 0.6 is 0 Å². The Morgan fingerprint density at radius 1 is 1.14 bits per heavy atom. The number of nitrogens with zero attached hydrogens (tertiary/aromatic N) is 1. The average molecular weight is 309 g/mol. The van der Waals surface area contributed by atoms with Gasteiger partial charge in [0.1, 0.15) is 24.4 Å². The number of carbonyl (C=O) groups is 2. The molecule has 1 heterocycles. The van der Waals surface area contributed by atoms with Crippen molar-refractivity contribution >= 4 is 12.0 Å². The fraction of sp³-hybridized carbons (Fsp3) is 0.818. The lowest BCUT2D eigenvalue weighted by atomic mass is 10.0. The summed E-state index contributed by atoms with van der Waals surface area (Å²) < 4.78 is 4.41. The molecule has 0 spiro atoms. The minimum atomic E-state index is -2.22. The van der Waals surface area contributed by atoms with Crippen LogP contribution in [-0.2, 0) is 9.53 Å². The largest absolute Gasteiger partial charge is 0.418 e. The third-order valence-corrected chi connectivity index (χ3v) is 3.09. The second kappa shape index (κ2) is 7.64. The summed E-state index contributed by atoms with van der Waals surface area (Å²) in [6.45, 7) is -0.766. The summed E-state index contributed by atoms with van der Waals surface area (Å²) in [6, 6.07) is 0. The third-order valence-electron chi connectivity index (χ3n) is 3.09. The van der Waals surface area contributed by atoms with Gasteiger partial charge in [0.2, 0.25) is 12.2 Å². The van der Waals surface area contributed by atoms with Crippen molar-refractivity contribution < 1.29 is 45.0 Å². The maximum atomic E-state index is 11.5. The maximum absolute atomic E-state index is 11.5. The first kappa shape index (κ1) is 17.8. The van der Waals surface area contributed by atoms with Crippen LogP contribution in [0.4, 0.5) is 4.79 Å². The molecule has 1 fully saturated rings. The first-order chi connectivity index (χ1) is 9.79. The van der Waals surface area contributed by atoms with Crippen LogP contribution in [0.1, 0.15) is 12.8 Å². The molecule has 0 aromatic heterocycles. The van der Waals surface area contributed by atoms with E-state index >= 15 is 0 Å². The summed E-state index contributed by atoms with van der Waals surface area (Å²) in [5.74, 6) is -0.488. The zero-order valence-corrected chi connectivity index (χ0v) is 11.1. The third kappa shape index (κ3) is 4.33. The number of ether oxygens (including phenoxy) is 1. The lowest BCUT2D eigenvalue weighted by molar-refractivity contribution is -0.193. The summed E-state index contributed by atoms with van der Waals surface area (Å²) >= 11 is 0. The van der Waals surface area contributed by atoms with E-state index in [0.717, 1.165) is 4.90 Å². The van der Waals surface area contributed by atoms with Crippen molar-refractivity contribution in [2.24, 2.45) is 0 Å². The Morgan fingerprint density at radius 3 is 2.24 bits per heavy atom. The van der Waals surface area contributed by atoms with Gasteiger partial charge >= 0.3 is 6.09 Å². The number of carbonyl (C=O) groups excluding carboxylic acids is 2. The molecule has 1 aliphatic rings. The number of aliphatic hydroxyl groups excluding tert-OH is 6. The molecule has 2 amide bonds. The average Bonchev–Trinajstić information content (AvgIpc) is 2.89. The van der Waals surface area contributed by atoms with Crippen LogP contribution in [-0.4, -0.2) is 91.4 Å². The van der Waals surface area contributed by atoms with Gasteiger partial charge in [-0.3, -0.25) is 4.79 Å². The predicted molar refractivity (Wildman–Crippen MR) is 64.5 cm³/mol. The number of aliphatic hydroxyl groups is 6. The zero-order valence-electron chi connectivity index (χ0n) is 11.1. The molecule has 0 aliphatic carbocycles. The van der Waals surface area contributed by atoms with Crippen molar-refractivity contribution in [1.29, 1.82) is 0 Å². The molecule has 0 saturated carbocycles. The first-order valence-corrected chi connectivity index (χ1v) is 6.31. The maximum Gasteiger partial charge on any atom is 0.418 e. The van der Waals surface area contributed by atoms with Crippen molar-refractivity contribution in [3.8, 4) is 0 Å². The molecule has 6 N–H and O–H groups in total. The Balaban J connectivity index is 2.55. The number of rotatable bonds is 6. The van der Waals surface area contributed by atoms with E-state index in [1.54, 1.807) is 0 Å². The van der Waals surface area contributed by atoms with Crippen LogP contribution in [0.3, 0.4) is 0 Å². The molecule has 21 heavy (non-hydrogen) atoms. The van der Waals surface area contributed by atoms with Crippen LogP contribution in [0.2, 0.25) is 0 Å². The summed E-state index contributed by atoms with van der Waals surface area (Å²) in [7, 11) is 0. The lowest BCUT2D eigenvalue weighted by Crippen LogP contribution is -2.51. The number of hydrogen-bond donors (Lipinski definition) is 6. The summed E-state index contributed by atoms with van der Waals surface area (Å²) in [5.41, 5.74) is 0. The van der Waals surface area contributed by atoms with Crippen molar-refractivity contribution in [2.45, 2.75) is 43.5 Å². The van der Waals surface area contributed by atoms with Crippen molar-refractivity contribution in [3.05, 3.63) is 0 Å². The molecule has 1 rings (SSSR count). The van der Waals surface area contributed by atoms with Gasteiger partial charge in [-0.15, -0.1) is 0 Å². The van der Waals surface area contributed by atoms with Gasteiger partial charge in [-0.25, -0.2) is 9.69 Å². The van der Waals surface area contributed by atoms with E-state index in [2.05, 4.69) is 4.74 Å². The van der Waals surface area contributed by atoms with E-state index in [-0.39, 0.29) is 13.0 Å². The van der Waals surface area contributed by atoms with E-state index < -0.39 is 49.3 Å². The van der Waals surface area contributed by atoms with E-state index in [9.17, 15) is 30.0 Å². The molecular formula is C11H19NO9. The summed E-state index contributed by atoms with van der Waals surface area (Å²) in [6.07, 6.45) is -10.7. The van der Waals surface area contributed by atoms with Crippen molar-refractivity contribution in [1.82, 2.24) is 4.90 Å². The number of hydrogen-bond acceptors (Lipinski definition) is 9. The van der Waals surface area contributed by atoms with Crippen LogP contribution in [0.5, 0.6) is 0 Å². The molecule has 5 atom stereocenters. The number of amides is 2. The Labute approximate surface area is 119 Å². The molecule has 0 aromatic carbocycles. The molecule has 1 saturated heterocycles. The summed E-state index contributed by atoms with van der Waals surface area (Å²) in [4.78, 5) is 23.5. The molecule has 0 aromatic rings. The van der Waals surface area contributed by atoms with Crippen molar-refractivity contribution in [3.63, 3.8) is 0 Å². The predicted octanol–water partition coefficient (Wildman–Crippen LogP) is -3.50. The van der Waals surface area contributed by atoms with Gasteiger partial charge in [0, 0.05) is 13.0 Å². The van der Waals surface area contributed by atoms with Gasteiger partial charge in [-0.05, 0) is 6.42 Å². The number of likely N-dealkylation sites (tertiary alicyclic amines) is 1. The molecule has 122 valence electrons. The van der Waals surface area contributed by atoms with Crippen LogP contribution in [0.15, 0.2) is 0 Å². The fourth-order valence-corrected chi connectivity index (χ4v) is 1.78. The van der Waals surface area contributed by atoms with Crippen molar-refractivity contribution in [2.75, 3.05) is 13.2 Å². The topological polar surface area (TPSA) is 168 Å². The molecular weight excluding hydrogens is 290 g/mol. The first-order valence-electron chi connectivity index (χ1n) is 6.31. The Morgan fingerprint density at radius 2 is 1.76 bits per heavy atom. The van der Waals surface area contributed by atoms with Crippen LogP contribution in [0, 0.1) is 0 Å². The Kier molecular flexibility index (Phi) is 6.45. The summed E-state index contributed by atoms with van der Waals surface area (Å²) in [5, 5.41) is 55.5. The molecule has 1 unspecified atom stereocenters. The minimum Gasteiger partial charge on any atom is -0.416 e. The highest BCUT2D eigenvalue weighted by Crippen LogP contribution is 2.14. The van der Waals surface area contributed by atoms with E-state index in [4.69, 9.17) is 10.2 Å². The van der Waals surface area contributed by atoms with Gasteiger partial charge in [0.25, 0.3) is 0 Å². The van der Waals surface area contributed by atoms with Crippen LogP contribution in [0.25, 0.3) is 0 Å². The van der Waals surface area contributed by atoms with E-state index in [1.165, 1.54) is 0 Å². The van der Waals surface area contributed by atoms with Gasteiger partial charge < -0.3 is 35.4 Å². The smallest absolute Gasteiger partial charge is 0.416 e. The van der Waals surface area contributed by atoms with Gasteiger partial charge in [-0.2, -0.15) is 0 Å². The molecule has 1 aliphatic heterocycles. The Bertz CT molecular complexity index is 377. The molecule has 10 heteroatoms. The second-order valence-corrected chi connectivity index (χ2v) is 4.64. The lowest BCUT2D eigenvalue weighted by Gasteiger charge is -2.28. The molecule has 10 nitrogen and oxygen atoms in total. The van der Waals surface area contributed by atoms with Crippen LogP contribution < -0.4 is 0 Å². The minimum absolute atomic E-state index is 0.120. The molecule has 0 radical (unpaired) electrons. The number of imide groups is 1. The van der Waals surface area contributed by atoms with E-state index in [1.807, 2.05) is 0 Å². The molecule has 0 bridgehead atoms. The highest BCUT2D eigenvalue weighted by Gasteiger charge is 2.37. The fourth-order valence-electron chi connectivity index (χ4n) is 1.78. The van der Waals surface area contributed by atoms with Gasteiger partial charge in [0.15, 0.2) is 0 Å². The quantitative estimate of drug-likeness (QED) is 0.273. The zero-order chi connectivity index (χ0) is 16.2. The highest BCUT2D eigenvalue weighted by molar-refractivity contribution is 5.93. The second-order valence-electron chi connectivity index (χ2n) is 4.64. The Hall–Kier alpha value is -1.30. The monoisotopic (exact) mass is 309 g/mol. The van der Waals surface area contributed by atoms with Gasteiger partial charge in [-0.1, -0.05) is 0 Å². The highest BCUT2D eigenvalue weighted by atomic mass is 16.7. The van der Waals surface area contributed by atoms with E-state index in [0.29, 0.717) is 6.42 Å². The van der Waals surface area contributed by atoms with Gasteiger partial charge in [0.05, 0.1) is 6.61 Å².